The van der Waals surface area contributed by atoms with Gasteiger partial charge >= 0.3 is 13.2 Å². The van der Waals surface area contributed by atoms with Gasteiger partial charge in [0.1, 0.15) is 18.9 Å². The Bertz CT molecular complexity index is 896. The lowest BCUT2D eigenvalue weighted by Gasteiger charge is -2.27. The third kappa shape index (κ3) is 7.70. The van der Waals surface area contributed by atoms with E-state index in [0.717, 1.165) is 11.1 Å². The molecule has 1 unspecified atom stereocenters. The number of imidazole rings is 1. The summed E-state index contributed by atoms with van der Waals surface area (Å²) in [5, 5.41) is 3.94. The molecule has 0 spiro atoms. The van der Waals surface area contributed by atoms with Crippen molar-refractivity contribution >= 4 is 18.9 Å². The molecule has 7 nitrogen and oxygen atoms in total. The lowest BCUT2D eigenvalue weighted by atomic mass is 9.99. The van der Waals surface area contributed by atoms with Crippen LogP contribution in [0.5, 0.6) is 0 Å². The molecule has 2 aromatic rings. The van der Waals surface area contributed by atoms with Gasteiger partial charge in [-0.25, -0.2) is 13.9 Å². The normalized spacial score (nSPS) is 18.0. The highest BCUT2D eigenvalue weighted by Crippen LogP contribution is 2.36. The number of esters is 1. The first-order valence-corrected chi connectivity index (χ1v) is 9.54. The van der Waals surface area contributed by atoms with E-state index in [0.29, 0.717) is 19.8 Å². The number of ether oxygens (including phenoxy) is 2. The van der Waals surface area contributed by atoms with Gasteiger partial charge in [0, 0.05) is 5.56 Å². The monoisotopic (exact) mass is 445 g/mol. The Kier molecular flexibility index (Phi) is 8.20. The number of aromatic nitrogens is 2. The van der Waals surface area contributed by atoms with Crippen LogP contribution < -0.4 is 4.57 Å². The van der Waals surface area contributed by atoms with E-state index in [1.165, 1.54) is 0 Å². The maximum Gasteiger partial charge on any atom is 0.673 e. The van der Waals surface area contributed by atoms with E-state index >= 15 is 0 Å². The van der Waals surface area contributed by atoms with Crippen molar-refractivity contribution < 1.29 is 40.9 Å². The summed E-state index contributed by atoms with van der Waals surface area (Å²) in [5.74, 6) is -1.58. The average molecular weight is 445 g/mol. The molecule has 1 atom stereocenters. The topological polar surface area (TPSA) is 65.9 Å². The van der Waals surface area contributed by atoms with E-state index in [9.17, 15) is 22.1 Å². The van der Waals surface area contributed by atoms with E-state index in [1.807, 2.05) is 66.1 Å². The maximum atomic E-state index is 12.0. The average Bonchev–Trinajstić information content (AvgIpc) is 3.29. The SMILES string of the molecule is CCOC(=O)C1=NOC(OCCn2cc[n+](C)c2)(c2ccc(C)cc2)C1.F[B-](F)(F)F. The minimum Gasteiger partial charge on any atom is -0.461 e. The summed E-state index contributed by atoms with van der Waals surface area (Å²) >= 11 is 0. The van der Waals surface area contributed by atoms with Crippen molar-refractivity contribution in [3.8, 4) is 0 Å². The fraction of sp³-hybridized carbons (Fsp3) is 0.421. The first-order chi connectivity index (χ1) is 14.5. The largest absolute Gasteiger partial charge is 0.673 e. The van der Waals surface area contributed by atoms with Crippen molar-refractivity contribution in [3.05, 3.63) is 54.1 Å². The van der Waals surface area contributed by atoms with Gasteiger partial charge in [-0.15, -0.1) is 0 Å². The van der Waals surface area contributed by atoms with Gasteiger partial charge in [-0.05, 0) is 13.8 Å². The van der Waals surface area contributed by atoms with Gasteiger partial charge in [-0.1, -0.05) is 35.0 Å². The first-order valence-electron chi connectivity index (χ1n) is 9.54. The third-order valence-corrected chi connectivity index (χ3v) is 4.21. The van der Waals surface area contributed by atoms with Crippen molar-refractivity contribution in [1.82, 2.24) is 4.57 Å². The van der Waals surface area contributed by atoms with E-state index < -0.39 is 19.0 Å². The van der Waals surface area contributed by atoms with Crippen molar-refractivity contribution in [2.75, 3.05) is 13.2 Å². The van der Waals surface area contributed by atoms with Crippen LogP contribution in [0.25, 0.3) is 0 Å². The summed E-state index contributed by atoms with van der Waals surface area (Å²) in [5.41, 5.74) is 2.19. The van der Waals surface area contributed by atoms with E-state index in [2.05, 4.69) is 5.16 Å². The number of oxime groups is 1. The van der Waals surface area contributed by atoms with Crippen LogP contribution >= 0.6 is 0 Å². The van der Waals surface area contributed by atoms with Crippen molar-refractivity contribution in [2.24, 2.45) is 12.2 Å². The summed E-state index contributed by atoms with van der Waals surface area (Å²) in [7, 11) is -4.04. The second-order valence-corrected chi connectivity index (χ2v) is 6.81. The van der Waals surface area contributed by atoms with Crippen LogP contribution in [0.1, 0.15) is 24.5 Å². The molecular formula is C19H24BF4N3O4. The van der Waals surface area contributed by atoms with Gasteiger partial charge in [0.05, 0.1) is 26.7 Å². The molecule has 2 heterocycles. The Morgan fingerprint density at radius 3 is 2.48 bits per heavy atom. The maximum absolute atomic E-state index is 12.0. The Balaban J connectivity index is 0.000000614. The Labute approximate surface area is 177 Å². The van der Waals surface area contributed by atoms with Crippen LogP contribution in [0.2, 0.25) is 0 Å². The van der Waals surface area contributed by atoms with Gasteiger partial charge in [-0.2, -0.15) is 0 Å². The number of aryl methyl sites for hydroxylation is 2. The van der Waals surface area contributed by atoms with E-state index in [1.54, 1.807) is 6.92 Å². The van der Waals surface area contributed by atoms with Crippen molar-refractivity contribution in [1.29, 1.82) is 0 Å². The Morgan fingerprint density at radius 1 is 1.29 bits per heavy atom. The van der Waals surface area contributed by atoms with E-state index in [-0.39, 0.29) is 12.1 Å². The van der Waals surface area contributed by atoms with Crippen LogP contribution in [0.4, 0.5) is 17.3 Å². The molecule has 31 heavy (non-hydrogen) atoms. The highest BCUT2D eigenvalue weighted by molar-refractivity contribution is 6.50. The predicted molar refractivity (Wildman–Crippen MR) is 104 cm³/mol. The molecule has 0 aliphatic carbocycles. The van der Waals surface area contributed by atoms with Crippen LogP contribution in [-0.2, 0) is 38.5 Å². The number of carbonyl (C=O) groups is 1. The molecule has 12 heteroatoms. The third-order valence-electron chi connectivity index (χ3n) is 4.21. The molecule has 0 saturated heterocycles. The van der Waals surface area contributed by atoms with Crippen LogP contribution in [0.3, 0.4) is 0 Å². The molecule has 0 fully saturated rings. The smallest absolute Gasteiger partial charge is 0.461 e. The van der Waals surface area contributed by atoms with Gasteiger partial charge in [0.25, 0.3) is 5.79 Å². The highest BCUT2D eigenvalue weighted by Gasteiger charge is 2.45. The summed E-state index contributed by atoms with van der Waals surface area (Å²) in [6, 6.07) is 7.85. The molecule has 1 aliphatic heterocycles. The lowest BCUT2D eigenvalue weighted by molar-refractivity contribution is -0.671. The fourth-order valence-corrected chi connectivity index (χ4v) is 2.81. The van der Waals surface area contributed by atoms with Crippen LogP contribution in [0, 0.1) is 6.92 Å². The summed E-state index contributed by atoms with van der Waals surface area (Å²) < 4.78 is 54.1. The Hall–Kier alpha value is -2.89. The van der Waals surface area contributed by atoms with Crippen molar-refractivity contribution in [3.63, 3.8) is 0 Å². The molecular weight excluding hydrogens is 421 g/mol. The number of carbonyl (C=O) groups excluding carboxylic acids is 1. The highest BCUT2D eigenvalue weighted by atomic mass is 19.5. The second kappa shape index (κ2) is 10.4. The zero-order chi connectivity index (χ0) is 23.1. The standard InChI is InChI=1S/C19H24N3O4.BF4/c1-4-24-18(23)17-13-19(26-20-17,16-7-5-15(2)6-8-16)25-12-11-22-10-9-21(3)14-22;2-1(3,4)5/h5-10,14H,4,11-13H2,1-3H3;/q+1;-1. The summed E-state index contributed by atoms with van der Waals surface area (Å²) in [4.78, 5) is 17.7. The van der Waals surface area contributed by atoms with Gasteiger partial charge in [-0.3, -0.25) is 0 Å². The quantitative estimate of drug-likeness (QED) is 0.284. The number of hydrogen-bond acceptors (Lipinski definition) is 5. The van der Waals surface area contributed by atoms with E-state index in [4.69, 9.17) is 14.3 Å². The number of benzene rings is 1. The number of hydrogen-bond donors (Lipinski definition) is 0. The van der Waals surface area contributed by atoms with Crippen LogP contribution in [-0.4, -0.2) is 36.7 Å². The fourth-order valence-electron chi connectivity index (χ4n) is 2.81. The van der Waals surface area contributed by atoms with Crippen molar-refractivity contribution in [2.45, 2.75) is 32.6 Å². The first kappa shape index (κ1) is 24.4. The molecule has 170 valence electrons. The zero-order valence-corrected chi connectivity index (χ0v) is 17.4. The summed E-state index contributed by atoms with van der Waals surface area (Å²) in [6.45, 7) is 5.14. The van der Waals surface area contributed by atoms with Gasteiger partial charge in [0.15, 0.2) is 5.71 Å². The lowest BCUT2D eigenvalue weighted by Crippen LogP contribution is -2.33. The zero-order valence-electron chi connectivity index (χ0n) is 17.4. The molecule has 1 aromatic heterocycles. The molecule has 0 N–H and O–H groups in total. The number of nitrogens with zero attached hydrogens (tertiary/aromatic N) is 3. The number of rotatable bonds is 7. The molecule has 3 rings (SSSR count). The van der Waals surface area contributed by atoms with Gasteiger partial charge < -0.3 is 31.6 Å². The predicted octanol–water partition coefficient (Wildman–Crippen LogP) is 3.13. The molecule has 1 aliphatic rings. The molecule has 0 amide bonds. The second-order valence-electron chi connectivity index (χ2n) is 6.81. The van der Waals surface area contributed by atoms with Crippen LogP contribution in [0.15, 0.2) is 48.1 Å². The molecule has 1 aromatic carbocycles. The number of halogens is 4. The Morgan fingerprint density at radius 2 is 1.94 bits per heavy atom. The minimum atomic E-state index is -6.00. The molecule has 0 bridgehead atoms. The summed E-state index contributed by atoms with van der Waals surface area (Å²) in [6.07, 6.45) is 6.12. The molecule has 0 radical (unpaired) electrons. The molecule has 0 saturated carbocycles. The van der Waals surface area contributed by atoms with Gasteiger partial charge in [0.2, 0.25) is 6.33 Å². The minimum absolute atomic E-state index is 0.217.